The molecule has 1 heterocycles. The van der Waals surface area contributed by atoms with Crippen molar-refractivity contribution in [1.82, 2.24) is 10.2 Å². The van der Waals surface area contributed by atoms with Gasteiger partial charge >= 0.3 is 0 Å². The van der Waals surface area contributed by atoms with E-state index in [2.05, 4.69) is 5.32 Å². The van der Waals surface area contributed by atoms with E-state index in [-0.39, 0.29) is 5.91 Å². The van der Waals surface area contributed by atoms with Gasteiger partial charge in [-0.2, -0.15) is 0 Å². The summed E-state index contributed by atoms with van der Waals surface area (Å²) < 4.78 is 26.8. The van der Waals surface area contributed by atoms with Gasteiger partial charge in [0.15, 0.2) is 0 Å². The Morgan fingerprint density at radius 3 is 2.63 bits per heavy atom. The summed E-state index contributed by atoms with van der Waals surface area (Å²) in [6, 6.07) is 3.48. The fraction of sp³-hybridized carbons (Fsp3) is 0.500. The molecule has 1 saturated carbocycles. The monoisotopic (exact) mass is 266 g/mol. The predicted octanol–water partition coefficient (Wildman–Crippen LogP) is 2.34. The summed E-state index contributed by atoms with van der Waals surface area (Å²) in [6.07, 6.45) is 3.08. The van der Waals surface area contributed by atoms with Gasteiger partial charge in [0.05, 0.1) is 5.54 Å². The van der Waals surface area contributed by atoms with Crippen LogP contribution in [-0.2, 0) is 4.79 Å². The third-order valence-corrected chi connectivity index (χ3v) is 4.24. The molecule has 0 aromatic heterocycles. The molecule has 1 aromatic rings. The van der Waals surface area contributed by atoms with Gasteiger partial charge in [0.25, 0.3) is 0 Å². The lowest BCUT2D eigenvalue weighted by Gasteiger charge is -2.21. The van der Waals surface area contributed by atoms with E-state index in [0.29, 0.717) is 5.56 Å². The first kappa shape index (κ1) is 12.5. The SMILES string of the molecule is CN1C(=O)C2(CCCC2)NC1c1ccc(F)cc1F. The van der Waals surface area contributed by atoms with Crippen LogP contribution in [0.25, 0.3) is 0 Å². The first-order valence-corrected chi connectivity index (χ1v) is 6.53. The molecule has 1 amide bonds. The van der Waals surface area contributed by atoms with Crippen molar-refractivity contribution in [3.05, 3.63) is 35.4 Å². The van der Waals surface area contributed by atoms with E-state index in [1.54, 1.807) is 7.05 Å². The zero-order valence-corrected chi connectivity index (χ0v) is 10.7. The fourth-order valence-corrected chi connectivity index (χ4v) is 3.22. The van der Waals surface area contributed by atoms with E-state index in [4.69, 9.17) is 0 Å². The summed E-state index contributed by atoms with van der Waals surface area (Å²) in [5, 5.41) is 3.26. The van der Waals surface area contributed by atoms with Gasteiger partial charge in [-0.15, -0.1) is 0 Å². The molecule has 2 fully saturated rings. The Labute approximate surface area is 110 Å². The average Bonchev–Trinajstić information content (AvgIpc) is 2.92. The highest BCUT2D eigenvalue weighted by molar-refractivity contribution is 5.89. The van der Waals surface area contributed by atoms with Crippen LogP contribution in [0.5, 0.6) is 0 Å². The van der Waals surface area contributed by atoms with E-state index in [9.17, 15) is 13.6 Å². The highest BCUT2D eigenvalue weighted by Gasteiger charge is 2.51. The molecule has 5 heteroatoms. The van der Waals surface area contributed by atoms with Crippen LogP contribution >= 0.6 is 0 Å². The van der Waals surface area contributed by atoms with Crippen molar-refractivity contribution >= 4 is 5.91 Å². The van der Waals surface area contributed by atoms with Crippen LogP contribution < -0.4 is 5.32 Å². The van der Waals surface area contributed by atoms with Gasteiger partial charge in [0.2, 0.25) is 5.91 Å². The molecule has 1 N–H and O–H groups in total. The first-order chi connectivity index (χ1) is 9.03. The normalized spacial score (nSPS) is 25.5. The molecule has 19 heavy (non-hydrogen) atoms. The van der Waals surface area contributed by atoms with Gasteiger partial charge in [-0.05, 0) is 25.0 Å². The van der Waals surface area contributed by atoms with Crippen LogP contribution in [0.2, 0.25) is 0 Å². The van der Waals surface area contributed by atoms with Crippen molar-refractivity contribution in [3.63, 3.8) is 0 Å². The Hall–Kier alpha value is -1.49. The summed E-state index contributed by atoms with van der Waals surface area (Å²) in [5.74, 6) is -1.21. The number of carbonyl (C=O) groups is 1. The Bertz CT molecular complexity index is 526. The van der Waals surface area contributed by atoms with Crippen LogP contribution in [0.15, 0.2) is 18.2 Å². The van der Waals surface area contributed by atoms with Crippen molar-refractivity contribution in [1.29, 1.82) is 0 Å². The van der Waals surface area contributed by atoms with Gasteiger partial charge < -0.3 is 4.90 Å². The second-order valence-corrected chi connectivity index (χ2v) is 5.42. The molecule has 1 aromatic carbocycles. The number of hydrogen-bond acceptors (Lipinski definition) is 2. The van der Waals surface area contributed by atoms with E-state index < -0.39 is 23.3 Å². The Kier molecular flexibility index (Phi) is 2.82. The number of nitrogens with one attached hydrogen (secondary N) is 1. The average molecular weight is 266 g/mol. The van der Waals surface area contributed by atoms with Crippen molar-refractivity contribution < 1.29 is 13.6 Å². The van der Waals surface area contributed by atoms with E-state index in [0.717, 1.165) is 31.7 Å². The van der Waals surface area contributed by atoms with Crippen LogP contribution in [-0.4, -0.2) is 23.4 Å². The zero-order valence-electron chi connectivity index (χ0n) is 10.7. The minimum Gasteiger partial charge on any atom is -0.324 e. The van der Waals surface area contributed by atoms with Crippen molar-refractivity contribution in [2.24, 2.45) is 0 Å². The Balaban J connectivity index is 1.96. The van der Waals surface area contributed by atoms with E-state index in [1.807, 2.05) is 0 Å². The van der Waals surface area contributed by atoms with Gasteiger partial charge in [-0.3, -0.25) is 10.1 Å². The summed E-state index contributed by atoms with van der Waals surface area (Å²) >= 11 is 0. The third kappa shape index (κ3) is 1.84. The summed E-state index contributed by atoms with van der Waals surface area (Å²) in [4.78, 5) is 13.9. The molecule has 1 spiro atoms. The number of hydrogen-bond donors (Lipinski definition) is 1. The van der Waals surface area contributed by atoms with Crippen LogP contribution in [0.1, 0.15) is 37.4 Å². The molecule has 2 aliphatic rings. The van der Waals surface area contributed by atoms with Crippen LogP contribution in [0, 0.1) is 11.6 Å². The molecule has 1 saturated heterocycles. The molecule has 1 aliphatic carbocycles. The van der Waals surface area contributed by atoms with Gasteiger partial charge in [0, 0.05) is 18.7 Å². The second kappa shape index (κ2) is 4.27. The van der Waals surface area contributed by atoms with E-state index >= 15 is 0 Å². The maximum absolute atomic E-state index is 13.9. The zero-order chi connectivity index (χ0) is 13.6. The number of likely N-dealkylation sites (N-methyl/N-ethyl adjacent to an activating group) is 1. The van der Waals surface area contributed by atoms with Crippen molar-refractivity contribution in [2.75, 3.05) is 7.05 Å². The molecule has 1 aliphatic heterocycles. The molecule has 1 unspecified atom stereocenters. The lowest BCUT2D eigenvalue weighted by Crippen LogP contribution is -2.43. The van der Waals surface area contributed by atoms with Crippen LogP contribution in [0.4, 0.5) is 8.78 Å². The maximum atomic E-state index is 13.9. The smallest absolute Gasteiger partial charge is 0.244 e. The number of amides is 1. The largest absolute Gasteiger partial charge is 0.324 e. The highest BCUT2D eigenvalue weighted by Crippen LogP contribution is 2.40. The molecular weight excluding hydrogens is 250 g/mol. The van der Waals surface area contributed by atoms with Crippen molar-refractivity contribution in [3.8, 4) is 0 Å². The minimum absolute atomic E-state index is 0.0127. The number of halogens is 2. The van der Waals surface area contributed by atoms with Gasteiger partial charge in [-0.25, -0.2) is 8.78 Å². The maximum Gasteiger partial charge on any atom is 0.244 e. The first-order valence-electron chi connectivity index (χ1n) is 6.53. The lowest BCUT2D eigenvalue weighted by molar-refractivity contribution is -0.132. The molecular formula is C14H16F2N2O. The fourth-order valence-electron chi connectivity index (χ4n) is 3.22. The summed E-state index contributed by atoms with van der Waals surface area (Å²) in [6.45, 7) is 0. The molecule has 102 valence electrons. The number of rotatable bonds is 1. The number of carbonyl (C=O) groups excluding carboxylic acids is 1. The standard InChI is InChI=1S/C14H16F2N2O/c1-18-12(10-5-4-9(15)8-11(10)16)17-14(13(18)19)6-2-3-7-14/h4-5,8,12,17H,2-3,6-7H2,1H3. The molecule has 3 nitrogen and oxygen atoms in total. The number of benzene rings is 1. The van der Waals surface area contributed by atoms with Gasteiger partial charge in [-0.1, -0.05) is 12.8 Å². The highest BCUT2D eigenvalue weighted by atomic mass is 19.1. The van der Waals surface area contributed by atoms with Gasteiger partial charge in [0.1, 0.15) is 17.8 Å². The molecule has 3 rings (SSSR count). The Morgan fingerprint density at radius 2 is 2.00 bits per heavy atom. The molecule has 0 radical (unpaired) electrons. The number of nitrogens with zero attached hydrogens (tertiary/aromatic N) is 1. The molecule has 1 atom stereocenters. The van der Waals surface area contributed by atoms with Crippen molar-refractivity contribution in [2.45, 2.75) is 37.4 Å². The quantitative estimate of drug-likeness (QED) is 0.846. The summed E-state index contributed by atoms with van der Waals surface area (Å²) in [5.41, 5.74) is -0.221. The van der Waals surface area contributed by atoms with Crippen LogP contribution in [0.3, 0.4) is 0 Å². The minimum atomic E-state index is -0.618. The topological polar surface area (TPSA) is 32.3 Å². The third-order valence-electron chi connectivity index (χ3n) is 4.24. The summed E-state index contributed by atoms with van der Waals surface area (Å²) in [7, 11) is 1.66. The Morgan fingerprint density at radius 1 is 1.32 bits per heavy atom. The second-order valence-electron chi connectivity index (χ2n) is 5.42. The molecule has 0 bridgehead atoms. The lowest BCUT2D eigenvalue weighted by atomic mass is 9.98. The van der Waals surface area contributed by atoms with E-state index in [1.165, 1.54) is 17.0 Å². The predicted molar refractivity (Wildman–Crippen MR) is 66.2 cm³/mol.